The fraction of sp³-hybridized carbons (Fsp3) is 0.300. The lowest BCUT2D eigenvalue weighted by Crippen LogP contribution is -2.49. The van der Waals surface area contributed by atoms with Gasteiger partial charge < -0.3 is 14.5 Å². The molecule has 2 aromatic carbocycles. The number of thiazole rings is 1. The molecule has 4 rings (SSSR count). The highest BCUT2D eigenvalue weighted by atomic mass is 32.1. The number of nitrogens with zero attached hydrogens (tertiary/aromatic N) is 3. The van der Waals surface area contributed by atoms with Gasteiger partial charge in [-0.05, 0) is 17.7 Å². The van der Waals surface area contributed by atoms with E-state index in [1.165, 1.54) is 0 Å². The van der Waals surface area contributed by atoms with Gasteiger partial charge in [-0.3, -0.25) is 4.79 Å². The Balaban J connectivity index is 1.41. The number of piperazine rings is 1. The number of hydrogen-bond donors (Lipinski definition) is 0. The van der Waals surface area contributed by atoms with Crippen LogP contribution in [-0.4, -0.2) is 49.1 Å². The van der Waals surface area contributed by atoms with E-state index >= 15 is 0 Å². The zero-order valence-electron chi connectivity index (χ0n) is 14.7. The number of anilines is 1. The third kappa shape index (κ3) is 3.37. The Bertz CT molecular complexity index is 902. The Kier molecular flexibility index (Phi) is 4.75. The first kappa shape index (κ1) is 16.8. The Labute approximate surface area is 156 Å². The van der Waals surface area contributed by atoms with Crippen molar-refractivity contribution >= 4 is 32.6 Å². The van der Waals surface area contributed by atoms with Crippen molar-refractivity contribution in [1.29, 1.82) is 0 Å². The van der Waals surface area contributed by atoms with Crippen molar-refractivity contribution in [1.82, 2.24) is 9.88 Å². The van der Waals surface area contributed by atoms with Crippen LogP contribution in [-0.2, 0) is 11.2 Å². The predicted octanol–water partition coefficient (Wildman–Crippen LogP) is 3.20. The van der Waals surface area contributed by atoms with Crippen molar-refractivity contribution < 1.29 is 9.53 Å². The van der Waals surface area contributed by atoms with Crippen molar-refractivity contribution in [2.24, 2.45) is 0 Å². The van der Waals surface area contributed by atoms with E-state index in [2.05, 4.69) is 11.0 Å². The summed E-state index contributed by atoms with van der Waals surface area (Å²) >= 11 is 1.68. The summed E-state index contributed by atoms with van der Waals surface area (Å²) in [6.45, 7) is 3.09. The minimum atomic E-state index is 0.196. The van der Waals surface area contributed by atoms with E-state index in [0.717, 1.165) is 52.8 Å². The first-order valence-electron chi connectivity index (χ1n) is 8.75. The first-order chi connectivity index (χ1) is 12.7. The highest BCUT2D eigenvalue weighted by Crippen LogP contribution is 2.34. The van der Waals surface area contributed by atoms with Crippen LogP contribution in [0.5, 0.6) is 5.75 Å². The molecule has 0 bridgehead atoms. The number of methoxy groups -OCH3 is 1. The zero-order valence-corrected chi connectivity index (χ0v) is 15.5. The van der Waals surface area contributed by atoms with Crippen LogP contribution in [0, 0.1) is 0 Å². The molecule has 0 radical (unpaired) electrons. The maximum absolute atomic E-state index is 12.5. The third-order valence-electron chi connectivity index (χ3n) is 4.69. The maximum Gasteiger partial charge on any atom is 0.227 e. The van der Waals surface area contributed by atoms with Crippen LogP contribution in [0.2, 0.25) is 0 Å². The van der Waals surface area contributed by atoms with E-state index in [9.17, 15) is 4.79 Å². The fourth-order valence-electron chi connectivity index (χ4n) is 3.24. The van der Waals surface area contributed by atoms with Crippen LogP contribution in [0.15, 0.2) is 48.5 Å². The number of ether oxygens (including phenoxy) is 1. The molecular weight excluding hydrogens is 346 g/mol. The number of para-hydroxylation sites is 1. The summed E-state index contributed by atoms with van der Waals surface area (Å²) in [6.07, 6.45) is 0.471. The number of carbonyl (C=O) groups excluding carboxylic acids is 1. The van der Waals surface area contributed by atoms with Crippen LogP contribution in [0.25, 0.3) is 10.2 Å². The molecular formula is C20H21N3O2S. The summed E-state index contributed by atoms with van der Waals surface area (Å²) in [5.41, 5.74) is 1.98. The van der Waals surface area contributed by atoms with E-state index in [4.69, 9.17) is 9.72 Å². The molecule has 3 aromatic rings. The summed E-state index contributed by atoms with van der Waals surface area (Å²) < 4.78 is 6.53. The van der Waals surface area contributed by atoms with Gasteiger partial charge in [0.15, 0.2) is 5.13 Å². The minimum Gasteiger partial charge on any atom is -0.494 e. The molecule has 0 N–H and O–H groups in total. The fourth-order valence-corrected chi connectivity index (χ4v) is 4.28. The molecule has 5 nitrogen and oxygen atoms in total. The monoisotopic (exact) mass is 367 g/mol. The predicted molar refractivity (Wildman–Crippen MR) is 105 cm³/mol. The van der Waals surface area contributed by atoms with Gasteiger partial charge in [0.2, 0.25) is 5.91 Å². The topological polar surface area (TPSA) is 45.7 Å². The number of amides is 1. The number of fused-ring (bicyclic) bond motifs is 1. The van der Waals surface area contributed by atoms with Crippen molar-refractivity contribution in [3.05, 3.63) is 54.1 Å². The maximum atomic E-state index is 12.5. The summed E-state index contributed by atoms with van der Waals surface area (Å²) in [5, 5.41) is 1.000. The molecule has 0 aliphatic carbocycles. The molecule has 1 amide bonds. The van der Waals surface area contributed by atoms with Crippen LogP contribution in [0.1, 0.15) is 5.56 Å². The average Bonchev–Trinajstić information content (AvgIpc) is 3.13. The second kappa shape index (κ2) is 7.33. The van der Waals surface area contributed by atoms with Gasteiger partial charge in [-0.25, -0.2) is 4.98 Å². The lowest BCUT2D eigenvalue weighted by Gasteiger charge is -2.34. The number of hydrogen-bond acceptors (Lipinski definition) is 5. The van der Waals surface area contributed by atoms with E-state index in [0.29, 0.717) is 6.42 Å². The van der Waals surface area contributed by atoms with E-state index in [1.807, 2.05) is 47.4 Å². The highest BCUT2D eigenvalue weighted by Gasteiger charge is 2.23. The Hall–Kier alpha value is -2.60. The highest BCUT2D eigenvalue weighted by molar-refractivity contribution is 7.22. The molecule has 1 aliphatic rings. The largest absolute Gasteiger partial charge is 0.494 e. The van der Waals surface area contributed by atoms with Gasteiger partial charge in [0, 0.05) is 26.2 Å². The van der Waals surface area contributed by atoms with Gasteiger partial charge in [0.05, 0.1) is 18.2 Å². The molecule has 1 fully saturated rings. The zero-order chi connectivity index (χ0) is 17.9. The van der Waals surface area contributed by atoms with Gasteiger partial charge in [-0.15, -0.1) is 0 Å². The van der Waals surface area contributed by atoms with Crippen molar-refractivity contribution in [3.8, 4) is 5.75 Å². The molecule has 0 spiro atoms. The first-order valence-corrected chi connectivity index (χ1v) is 9.56. The number of carbonyl (C=O) groups is 1. The molecule has 0 atom stereocenters. The van der Waals surface area contributed by atoms with E-state index in [-0.39, 0.29) is 5.91 Å². The van der Waals surface area contributed by atoms with Gasteiger partial charge >= 0.3 is 0 Å². The molecule has 1 aromatic heterocycles. The number of rotatable bonds is 4. The average molecular weight is 367 g/mol. The Morgan fingerprint density at radius 1 is 1.08 bits per heavy atom. The summed E-state index contributed by atoms with van der Waals surface area (Å²) in [4.78, 5) is 21.5. The molecule has 0 unspecified atom stereocenters. The van der Waals surface area contributed by atoms with Gasteiger partial charge in [0.1, 0.15) is 11.3 Å². The van der Waals surface area contributed by atoms with Crippen molar-refractivity contribution in [2.75, 3.05) is 38.2 Å². The third-order valence-corrected chi connectivity index (χ3v) is 5.77. The molecule has 26 heavy (non-hydrogen) atoms. The quantitative estimate of drug-likeness (QED) is 0.710. The molecule has 0 saturated carbocycles. The number of benzene rings is 2. The van der Waals surface area contributed by atoms with E-state index in [1.54, 1.807) is 18.4 Å². The Morgan fingerprint density at radius 3 is 2.58 bits per heavy atom. The van der Waals surface area contributed by atoms with Gasteiger partial charge in [0.25, 0.3) is 0 Å². The van der Waals surface area contributed by atoms with Gasteiger partial charge in [-0.1, -0.05) is 47.7 Å². The molecule has 2 heterocycles. The smallest absolute Gasteiger partial charge is 0.227 e. The minimum absolute atomic E-state index is 0.196. The van der Waals surface area contributed by atoms with Crippen molar-refractivity contribution in [2.45, 2.75) is 6.42 Å². The van der Waals surface area contributed by atoms with Crippen LogP contribution in [0.3, 0.4) is 0 Å². The van der Waals surface area contributed by atoms with Crippen LogP contribution >= 0.6 is 11.3 Å². The lowest BCUT2D eigenvalue weighted by atomic mass is 10.1. The standard InChI is InChI=1S/C20H21N3O2S/c1-25-16-8-5-9-17-19(16)21-20(26-17)23-12-10-22(11-13-23)18(24)14-15-6-3-2-4-7-15/h2-9H,10-14H2,1H3. The SMILES string of the molecule is COc1cccc2sc(N3CCN(C(=O)Cc4ccccc4)CC3)nc12. The second-order valence-corrected chi connectivity index (χ2v) is 7.34. The van der Waals surface area contributed by atoms with Crippen LogP contribution in [0.4, 0.5) is 5.13 Å². The van der Waals surface area contributed by atoms with E-state index < -0.39 is 0 Å². The van der Waals surface area contributed by atoms with Crippen molar-refractivity contribution in [3.63, 3.8) is 0 Å². The second-order valence-electron chi connectivity index (χ2n) is 6.33. The molecule has 1 aliphatic heterocycles. The Morgan fingerprint density at radius 2 is 1.85 bits per heavy atom. The molecule has 6 heteroatoms. The molecule has 134 valence electrons. The normalized spacial score (nSPS) is 14.7. The molecule has 1 saturated heterocycles. The number of aromatic nitrogens is 1. The van der Waals surface area contributed by atoms with Gasteiger partial charge in [-0.2, -0.15) is 0 Å². The van der Waals surface area contributed by atoms with Crippen LogP contribution < -0.4 is 9.64 Å². The summed E-state index contributed by atoms with van der Waals surface area (Å²) in [5.74, 6) is 1.00. The lowest BCUT2D eigenvalue weighted by molar-refractivity contribution is -0.130. The summed E-state index contributed by atoms with van der Waals surface area (Å²) in [6, 6.07) is 15.9. The summed E-state index contributed by atoms with van der Waals surface area (Å²) in [7, 11) is 1.67.